The van der Waals surface area contributed by atoms with Gasteiger partial charge in [-0.05, 0) is 26.0 Å². The number of imidazole rings is 1. The van der Waals surface area contributed by atoms with Crippen LogP contribution < -0.4 is 0 Å². The van der Waals surface area contributed by atoms with E-state index in [2.05, 4.69) is 52.8 Å². The van der Waals surface area contributed by atoms with E-state index in [0.717, 1.165) is 6.54 Å². The number of H-pyrrole nitrogens is 1. The number of hydrogen-bond acceptors (Lipinski definition) is 1. The van der Waals surface area contributed by atoms with Crippen LogP contribution >= 0.6 is 0 Å². The van der Waals surface area contributed by atoms with Crippen molar-refractivity contribution in [3.05, 3.63) is 42.5 Å². The number of fused-ring (bicyclic) bond motifs is 1. The second kappa shape index (κ2) is 3.77. The fourth-order valence-corrected chi connectivity index (χ4v) is 2.24. The highest BCUT2D eigenvalue weighted by molar-refractivity contribution is 5.95. The molecule has 0 amide bonds. The van der Waals surface area contributed by atoms with E-state index in [9.17, 15) is 0 Å². The zero-order chi connectivity index (χ0) is 11.8. The van der Waals surface area contributed by atoms with E-state index in [-0.39, 0.29) is 0 Å². The number of aryl methyl sites for hydroxylation is 2. The Kier molecular flexibility index (Phi) is 2.25. The Labute approximate surface area is 100 Å². The van der Waals surface area contributed by atoms with Crippen molar-refractivity contribution in [1.29, 1.82) is 0 Å². The molecule has 0 aliphatic carbocycles. The van der Waals surface area contributed by atoms with Gasteiger partial charge in [-0.15, -0.1) is 0 Å². The summed E-state index contributed by atoms with van der Waals surface area (Å²) in [6, 6.07) is 6.47. The molecule has 0 spiro atoms. The third-order valence-electron chi connectivity index (χ3n) is 3.17. The Morgan fingerprint density at radius 3 is 3.06 bits per heavy atom. The van der Waals surface area contributed by atoms with Gasteiger partial charge in [0.1, 0.15) is 0 Å². The predicted molar refractivity (Wildman–Crippen MR) is 69.9 cm³/mol. The molecule has 0 radical (unpaired) electrons. The van der Waals surface area contributed by atoms with E-state index in [0.29, 0.717) is 0 Å². The molecule has 86 valence electrons. The lowest BCUT2D eigenvalue weighted by Crippen LogP contribution is -1.93. The SMILES string of the molecule is CCn1cncc1-c1c[nH]c2ccc(C)cc12. The molecule has 0 atom stereocenters. The number of benzene rings is 1. The standard InChI is InChI=1S/C14H15N3/c1-3-17-9-15-8-14(17)12-7-16-13-5-4-10(2)6-11(12)13/h4-9,16H,3H2,1-2H3. The molecule has 2 aromatic heterocycles. The molecule has 0 saturated heterocycles. The van der Waals surface area contributed by atoms with Gasteiger partial charge in [0.2, 0.25) is 0 Å². The molecule has 0 aliphatic rings. The first-order valence-electron chi connectivity index (χ1n) is 5.88. The highest BCUT2D eigenvalue weighted by Gasteiger charge is 2.09. The van der Waals surface area contributed by atoms with E-state index in [1.54, 1.807) is 0 Å². The van der Waals surface area contributed by atoms with Crippen molar-refractivity contribution < 1.29 is 0 Å². The van der Waals surface area contributed by atoms with Gasteiger partial charge in [0.15, 0.2) is 0 Å². The molecule has 0 bridgehead atoms. The number of nitrogens with zero attached hydrogens (tertiary/aromatic N) is 2. The van der Waals surface area contributed by atoms with E-state index < -0.39 is 0 Å². The number of nitrogens with one attached hydrogen (secondary N) is 1. The van der Waals surface area contributed by atoms with Crippen LogP contribution in [0.2, 0.25) is 0 Å². The van der Waals surface area contributed by atoms with Crippen LogP contribution in [0.4, 0.5) is 0 Å². The lowest BCUT2D eigenvalue weighted by molar-refractivity contribution is 0.769. The third-order valence-corrected chi connectivity index (χ3v) is 3.17. The first kappa shape index (κ1) is 10.1. The Hall–Kier alpha value is -2.03. The largest absolute Gasteiger partial charge is 0.360 e. The molecule has 2 heterocycles. The van der Waals surface area contributed by atoms with Crippen LogP contribution in [0.3, 0.4) is 0 Å². The van der Waals surface area contributed by atoms with Crippen LogP contribution in [0.15, 0.2) is 36.9 Å². The number of rotatable bonds is 2. The average molecular weight is 225 g/mol. The second-order valence-electron chi connectivity index (χ2n) is 4.32. The predicted octanol–water partition coefficient (Wildman–Crippen LogP) is 3.36. The average Bonchev–Trinajstić information content (AvgIpc) is 2.93. The summed E-state index contributed by atoms with van der Waals surface area (Å²) in [7, 11) is 0. The maximum Gasteiger partial charge on any atom is 0.0950 e. The van der Waals surface area contributed by atoms with Gasteiger partial charge >= 0.3 is 0 Å². The minimum atomic E-state index is 0.938. The summed E-state index contributed by atoms with van der Waals surface area (Å²) in [6.45, 7) is 5.19. The van der Waals surface area contributed by atoms with Gasteiger partial charge in [0, 0.05) is 29.2 Å². The third kappa shape index (κ3) is 1.55. The molecule has 3 rings (SSSR count). The monoisotopic (exact) mass is 225 g/mol. The molecule has 0 fully saturated rings. The molecule has 3 aromatic rings. The van der Waals surface area contributed by atoms with E-state index >= 15 is 0 Å². The van der Waals surface area contributed by atoms with Gasteiger partial charge in [0.25, 0.3) is 0 Å². The van der Waals surface area contributed by atoms with Crippen molar-refractivity contribution in [3.63, 3.8) is 0 Å². The molecule has 1 N–H and O–H groups in total. The van der Waals surface area contributed by atoms with Crippen molar-refractivity contribution in [2.75, 3.05) is 0 Å². The fourth-order valence-electron chi connectivity index (χ4n) is 2.24. The summed E-state index contributed by atoms with van der Waals surface area (Å²) in [5.41, 5.74) is 4.85. The number of aromatic nitrogens is 3. The van der Waals surface area contributed by atoms with Gasteiger partial charge < -0.3 is 9.55 Å². The van der Waals surface area contributed by atoms with Crippen LogP contribution in [-0.4, -0.2) is 14.5 Å². The van der Waals surface area contributed by atoms with E-state index in [1.807, 2.05) is 12.5 Å². The summed E-state index contributed by atoms with van der Waals surface area (Å²) >= 11 is 0. The minimum Gasteiger partial charge on any atom is -0.360 e. The van der Waals surface area contributed by atoms with Crippen LogP contribution in [0, 0.1) is 6.92 Å². The van der Waals surface area contributed by atoms with E-state index in [1.165, 1.54) is 27.7 Å². The summed E-state index contributed by atoms with van der Waals surface area (Å²) in [4.78, 5) is 7.54. The number of aromatic amines is 1. The normalized spacial score (nSPS) is 11.2. The van der Waals surface area contributed by atoms with Gasteiger partial charge in [-0.3, -0.25) is 0 Å². The summed E-state index contributed by atoms with van der Waals surface area (Å²) in [5, 5.41) is 1.26. The van der Waals surface area contributed by atoms with Gasteiger partial charge in [-0.2, -0.15) is 0 Å². The Bertz CT molecular complexity index is 661. The zero-order valence-corrected chi connectivity index (χ0v) is 10.1. The highest BCUT2D eigenvalue weighted by atomic mass is 15.0. The maximum absolute atomic E-state index is 4.23. The lowest BCUT2D eigenvalue weighted by Gasteiger charge is -2.03. The quantitative estimate of drug-likeness (QED) is 0.712. The molecule has 3 nitrogen and oxygen atoms in total. The molecular formula is C14H15N3. The minimum absolute atomic E-state index is 0.938. The van der Waals surface area contributed by atoms with Crippen molar-refractivity contribution in [2.45, 2.75) is 20.4 Å². The lowest BCUT2D eigenvalue weighted by atomic mass is 10.1. The summed E-state index contributed by atoms with van der Waals surface area (Å²) < 4.78 is 2.16. The van der Waals surface area contributed by atoms with Gasteiger partial charge in [-0.1, -0.05) is 11.6 Å². The smallest absolute Gasteiger partial charge is 0.0950 e. The Morgan fingerprint density at radius 1 is 1.35 bits per heavy atom. The zero-order valence-electron chi connectivity index (χ0n) is 10.1. The van der Waals surface area contributed by atoms with Crippen molar-refractivity contribution in [2.24, 2.45) is 0 Å². The van der Waals surface area contributed by atoms with Crippen molar-refractivity contribution in [1.82, 2.24) is 14.5 Å². The highest BCUT2D eigenvalue weighted by Crippen LogP contribution is 2.28. The Balaban J connectivity index is 2.27. The van der Waals surface area contributed by atoms with Gasteiger partial charge in [0.05, 0.1) is 18.2 Å². The molecule has 0 aliphatic heterocycles. The maximum atomic E-state index is 4.23. The summed E-state index contributed by atoms with van der Waals surface area (Å²) in [5.74, 6) is 0. The van der Waals surface area contributed by atoms with Gasteiger partial charge in [-0.25, -0.2) is 4.98 Å². The molecule has 0 saturated carbocycles. The summed E-state index contributed by atoms with van der Waals surface area (Å²) in [6.07, 6.45) is 5.87. The van der Waals surface area contributed by atoms with Crippen LogP contribution in [0.1, 0.15) is 12.5 Å². The van der Waals surface area contributed by atoms with Crippen molar-refractivity contribution in [3.8, 4) is 11.3 Å². The molecule has 17 heavy (non-hydrogen) atoms. The topological polar surface area (TPSA) is 33.6 Å². The van der Waals surface area contributed by atoms with Crippen LogP contribution in [0.25, 0.3) is 22.2 Å². The molecule has 3 heteroatoms. The number of hydrogen-bond donors (Lipinski definition) is 1. The molecule has 1 aromatic carbocycles. The van der Waals surface area contributed by atoms with Crippen LogP contribution in [0.5, 0.6) is 0 Å². The Morgan fingerprint density at radius 2 is 2.24 bits per heavy atom. The van der Waals surface area contributed by atoms with Crippen LogP contribution in [-0.2, 0) is 6.54 Å². The molecular weight excluding hydrogens is 210 g/mol. The van der Waals surface area contributed by atoms with Crippen molar-refractivity contribution >= 4 is 10.9 Å². The fraction of sp³-hybridized carbons (Fsp3) is 0.214. The first-order chi connectivity index (χ1) is 8.29. The first-order valence-corrected chi connectivity index (χ1v) is 5.88. The van der Waals surface area contributed by atoms with E-state index in [4.69, 9.17) is 0 Å². The molecule has 0 unspecified atom stereocenters. The second-order valence-corrected chi connectivity index (χ2v) is 4.32.